The summed E-state index contributed by atoms with van der Waals surface area (Å²) in [6, 6.07) is 12.1. The molecule has 3 N–H and O–H groups in total. The van der Waals surface area contributed by atoms with Crippen molar-refractivity contribution in [3.8, 4) is 11.5 Å². The van der Waals surface area contributed by atoms with Gasteiger partial charge in [-0.05, 0) is 60.4 Å². The molecule has 0 saturated heterocycles. The number of hydrazone groups is 1. The van der Waals surface area contributed by atoms with Crippen molar-refractivity contribution >= 4 is 17.8 Å². The van der Waals surface area contributed by atoms with Gasteiger partial charge in [0.1, 0.15) is 0 Å². The van der Waals surface area contributed by atoms with Gasteiger partial charge in [0.15, 0.2) is 11.5 Å². The number of carbonyl (C=O) groups is 1. The summed E-state index contributed by atoms with van der Waals surface area (Å²) in [5, 5.41) is 3.98. The van der Waals surface area contributed by atoms with Gasteiger partial charge in [-0.3, -0.25) is 4.79 Å². The van der Waals surface area contributed by atoms with E-state index in [2.05, 4.69) is 24.4 Å². The zero-order valence-corrected chi connectivity index (χ0v) is 15.4. The summed E-state index contributed by atoms with van der Waals surface area (Å²) < 4.78 is 11.1. The topological polar surface area (TPSA) is 85.9 Å². The van der Waals surface area contributed by atoms with Gasteiger partial charge in [-0.15, -0.1) is 0 Å². The zero-order chi connectivity index (χ0) is 18.9. The zero-order valence-electron chi connectivity index (χ0n) is 15.4. The maximum Gasteiger partial charge on any atom is 0.271 e. The van der Waals surface area contributed by atoms with Crippen LogP contribution in [0.5, 0.6) is 11.5 Å². The quantitative estimate of drug-likeness (QED) is 0.431. The Hall–Kier alpha value is -3.02. The van der Waals surface area contributed by atoms with Crippen LogP contribution in [0.15, 0.2) is 47.6 Å². The van der Waals surface area contributed by atoms with Crippen molar-refractivity contribution in [2.24, 2.45) is 11.0 Å². The Morgan fingerprint density at radius 2 is 1.92 bits per heavy atom. The first kappa shape index (κ1) is 19.3. The van der Waals surface area contributed by atoms with E-state index in [0.29, 0.717) is 35.3 Å². The Balaban J connectivity index is 1.96. The molecule has 138 valence electrons. The number of nitrogens with zero attached hydrogens (tertiary/aromatic N) is 1. The highest BCUT2D eigenvalue weighted by Crippen LogP contribution is 2.27. The van der Waals surface area contributed by atoms with Crippen LogP contribution in [0.25, 0.3) is 0 Å². The first-order valence-electron chi connectivity index (χ1n) is 8.49. The predicted molar refractivity (Wildman–Crippen MR) is 104 cm³/mol. The molecule has 0 atom stereocenters. The van der Waals surface area contributed by atoms with E-state index in [1.807, 2.05) is 18.2 Å². The Morgan fingerprint density at radius 1 is 1.19 bits per heavy atom. The first-order valence-corrected chi connectivity index (χ1v) is 8.49. The fraction of sp³-hybridized carbons (Fsp3) is 0.300. The summed E-state index contributed by atoms with van der Waals surface area (Å²) in [5.74, 6) is 1.60. The molecule has 6 nitrogen and oxygen atoms in total. The van der Waals surface area contributed by atoms with Crippen molar-refractivity contribution in [2.45, 2.75) is 20.3 Å². The van der Waals surface area contributed by atoms with E-state index >= 15 is 0 Å². The molecule has 0 unspecified atom stereocenters. The number of nitrogens with one attached hydrogen (secondary N) is 1. The Bertz CT molecular complexity index is 755. The minimum atomic E-state index is -0.304. The molecular weight excluding hydrogens is 330 g/mol. The molecular formula is C20H25N3O3. The second-order valence-corrected chi connectivity index (χ2v) is 6.26. The summed E-state index contributed by atoms with van der Waals surface area (Å²) in [6.45, 7) is 4.94. The van der Waals surface area contributed by atoms with Crippen molar-refractivity contribution in [3.63, 3.8) is 0 Å². The summed E-state index contributed by atoms with van der Waals surface area (Å²) in [4.78, 5) is 12.0. The lowest BCUT2D eigenvalue weighted by Crippen LogP contribution is -2.17. The molecule has 0 radical (unpaired) electrons. The predicted octanol–water partition coefficient (Wildman–Crippen LogP) is 3.47. The second-order valence-electron chi connectivity index (χ2n) is 6.26. The minimum Gasteiger partial charge on any atom is -0.493 e. The van der Waals surface area contributed by atoms with E-state index in [4.69, 9.17) is 15.2 Å². The van der Waals surface area contributed by atoms with Gasteiger partial charge >= 0.3 is 0 Å². The highest BCUT2D eigenvalue weighted by atomic mass is 16.5. The highest BCUT2D eigenvalue weighted by molar-refractivity contribution is 5.95. The number of anilines is 1. The van der Waals surface area contributed by atoms with Crippen LogP contribution in [-0.2, 0) is 0 Å². The van der Waals surface area contributed by atoms with E-state index in [0.717, 1.165) is 12.0 Å². The summed E-state index contributed by atoms with van der Waals surface area (Å²) in [5.41, 5.74) is 9.97. The van der Waals surface area contributed by atoms with Crippen molar-refractivity contribution in [1.29, 1.82) is 0 Å². The molecule has 1 amide bonds. The molecule has 26 heavy (non-hydrogen) atoms. The van der Waals surface area contributed by atoms with E-state index in [-0.39, 0.29) is 5.91 Å². The van der Waals surface area contributed by atoms with Gasteiger partial charge in [-0.1, -0.05) is 13.8 Å². The van der Waals surface area contributed by atoms with Crippen LogP contribution < -0.4 is 20.6 Å². The van der Waals surface area contributed by atoms with Gasteiger partial charge in [-0.2, -0.15) is 5.10 Å². The molecule has 0 saturated carbocycles. The molecule has 2 aromatic carbocycles. The molecule has 2 rings (SSSR count). The number of benzene rings is 2. The molecule has 2 aromatic rings. The monoisotopic (exact) mass is 355 g/mol. The lowest BCUT2D eigenvalue weighted by Gasteiger charge is -2.12. The molecule has 0 aliphatic heterocycles. The minimum absolute atomic E-state index is 0.304. The van der Waals surface area contributed by atoms with Crippen LogP contribution in [-0.4, -0.2) is 25.8 Å². The van der Waals surface area contributed by atoms with Crippen LogP contribution in [0, 0.1) is 5.92 Å². The van der Waals surface area contributed by atoms with Gasteiger partial charge in [0.25, 0.3) is 5.91 Å². The first-order chi connectivity index (χ1) is 12.5. The lowest BCUT2D eigenvalue weighted by atomic mass is 10.1. The fourth-order valence-corrected chi connectivity index (χ4v) is 2.15. The molecule has 0 aliphatic carbocycles. The molecule has 0 aliphatic rings. The summed E-state index contributed by atoms with van der Waals surface area (Å²) in [6.07, 6.45) is 2.53. The molecule has 0 fully saturated rings. The lowest BCUT2D eigenvalue weighted by molar-refractivity contribution is 0.0955. The van der Waals surface area contributed by atoms with Gasteiger partial charge in [0.05, 0.1) is 19.9 Å². The standard InChI is InChI=1S/C20H25N3O3/c1-14(2)10-11-26-18-9-4-15(12-19(18)25-3)13-22-23-20(24)16-5-7-17(21)8-6-16/h4-9,12-14H,10-11,21H2,1-3H3,(H,23,24)/b22-13+. The van der Waals surface area contributed by atoms with Crippen LogP contribution in [0.4, 0.5) is 5.69 Å². The van der Waals surface area contributed by atoms with Crippen LogP contribution in [0.1, 0.15) is 36.2 Å². The van der Waals surface area contributed by atoms with Gasteiger partial charge in [0.2, 0.25) is 0 Å². The normalized spacial score (nSPS) is 10.9. The maximum atomic E-state index is 12.0. The average Bonchev–Trinajstić information content (AvgIpc) is 2.62. The third-order valence-electron chi connectivity index (χ3n) is 3.69. The number of ether oxygens (including phenoxy) is 2. The van der Waals surface area contributed by atoms with Crippen molar-refractivity contribution < 1.29 is 14.3 Å². The number of rotatable bonds is 8. The number of hydrogen-bond donors (Lipinski definition) is 2. The number of methoxy groups -OCH3 is 1. The largest absolute Gasteiger partial charge is 0.493 e. The maximum absolute atomic E-state index is 12.0. The molecule has 0 aromatic heterocycles. The summed E-state index contributed by atoms with van der Waals surface area (Å²) in [7, 11) is 1.59. The third kappa shape index (κ3) is 5.81. The number of nitrogen functional groups attached to an aromatic ring is 1. The fourth-order valence-electron chi connectivity index (χ4n) is 2.15. The number of nitrogens with two attached hydrogens (primary N) is 1. The van der Waals surface area contributed by atoms with Crippen molar-refractivity contribution in [3.05, 3.63) is 53.6 Å². The Labute approximate surface area is 154 Å². The van der Waals surface area contributed by atoms with E-state index in [9.17, 15) is 4.79 Å². The molecule has 6 heteroatoms. The van der Waals surface area contributed by atoms with Crippen molar-refractivity contribution in [2.75, 3.05) is 19.5 Å². The van der Waals surface area contributed by atoms with Crippen LogP contribution in [0.3, 0.4) is 0 Å². The van der Waals surface area contributed by atoms with Crippen LogP contribution >= 0.6 is 0 Å². The third-order valence-corrected chi connectivity index (χ3v) is 3.69. The molecule has 0 bridgehead atoms. The van der Waals surface area contributed by atoms with Gasteiger partial charge in [-0.25, -0.2) is 5.43 Å². The summed E-state index contributed by atoms with van der Waals surface area (Å²) >= 11 is 0. The SMILES string of the molecule is COc1cc(/C=N/NC(=O)c2ccc(N)cc2)ccc1OCCC(C)C. The van der Waals surface area contributed by atoms with Gasteiger partial charge in [0, 0.05) is 11.3 Å². The Morgan fingerprint density at radius 3 is 2.58 bits per heavy atom. The average molecular weight is 355 g/mol. The number of hydrogen-bond acceptors (Lipinski definition) is 5. The smallest absolute Gasteiger partial charge is 0.271 e. The van der Waals surface area contributed by atoms with Crippen LogP contribution in [0.2, 0.25) is 0 Å². The van der Waals surface area contributed by atoms with E-state index in [1.54, 1.807) is 37.6 Å². The second kappa shape index (κ2) is 9.46. The van der Waals surface area contributed by atoms with E-state index in [1.165, 1.54) is 0 Å². The van der Waals surface area contributed by atoms with Crippen molar-refractivity contribution in [1.82, 2.24) is 5.43 Å². The Kier molecular flexibility index (Phi) is 7.02. The number of amides is 1. The number of carbonyl (C=O) groups excluding carboxylic acids is 1. The highest BCUT2D eigenvalue weighted by Gasteiger charge is 2.06. The van der Waals surface area contributed by atoms with E-state index < -0.39 is 0 Å². The van der Waals surface area contributed by atoms with Gasteiger partial charge < -0.3 is 15.2 Å². The molecule has 0 spiro atoms. The molecule has 0 heterocycles.